The lowest BCUT2D eigenvalue weighted by molar-refractivity contribution is -0.134. The van der Waals surface area contributed by atoms with Crippen LogP contribution in [0, 0.1) is 0 Å². The predicted octanol–water partition coefficient (Wildman–Crippen LogP) is 4.69. The number of aliphatic carboxylic acids is 1. The smallest absolute Gasteiger partial charge is 0.300 e. The lowest BCUT2D eigenvalue weighted by atomic mass is 10.1. The van der Waals surface area contributed by atoms with Gasteiger partial charge in [-0.15, -0.1) is 10.2 Å². The fourth-order valence-corrected chi connectivity index (χ4v) is 10.2. The number of thiazole rings is 2. The Balaban J connectivity index is 0.000000193. The molecule has 10 rings (SSSR count). The third-order valence-electron chi connectivity index (χ3n) is 10.9. The molecule has 0 bridgehead atoms. The highest BCUT2D eigenvalue weighted by Crippen LogP contribution is 2.42. The highest BCUT2D eigenvalue weighted by Gasteiger charge is 2.21. The molecule has 404 valence electrons. The van der Waals surface area contributed by atoms with E-state index in [1.165, 1.54) is 98.6 Å². The molecule has 0 radical (unpaired) electrons. The van der Waals surface area contributed by atoms with Gasteiger partial charge in [-0.1, -0.05) is 22.7 Å². The maximum atomic E-state index is 13.0. The first kappa shape index (κ1) is 55.3. The molecule has 6 aromatic heterocycles. The van der Waals surface area contributed by atoms with Crippen LogP contribution in [0.15, 0.2) is 125 Å². The van der Waals surface area contributed by atoms with Crippen LogP contribution in [0.25, 0.3) is 67.5 Å². The third kappa shape index (κ3) is 11.9. The predicted molar refractivity (Wildman–Crippen MR) is 286 cm³/mol. The summed E-state index contributed by atoms with van der Waals surface area (Å²) < 4.78 is 92.9. The maximum Gasteiger partial charge on any atom is 0.300 e. The molecule has 0 saturated carbocycles. The van der Waals surface area contributed by atoms with Gasteiger partial charge in [-0.25, -0.2) is 27.1 Å². The number of carboxylic acids is 1. The fraction of sp³-hybridized carbons (Fsp3) is 0.140. The summed E-state index contributed by atoms with van der Waals surface area (Å²) in [5.41, 5.74) is 1.82. The van der Waals surface area contributed by atoms with E-state index in [0.717, 1.165) is 6.92 Å². The van der Waals surface area contributed by atoms with E-state index in [9.17, 15) is 26.4 Å². The number of hydrogen-bond donors (Lipinski definition) is 3. The summed E-state index contributed by atoms with van der Waals surface area (Å²) in [5.74, 6) is 4.37. The summed E-state index contributed by atoms with van der Waals surface area (Å²) in [6, 6.07) is 25.7. The number of aromatic nitrogens is 6. The monoisotopic (exact) mass is 1140 g/mol. The second kappa shape index (κ2) is 22.7. The molecule has 0 aliphatic carbocycles. The summed E-state index contributed by atoms with van der Waals surface area (Å²) in [7, 11) is 1.51. The highest BCUT2D eigenvalue weighted by molar-refractivity contribution is 7.89. The lowest BCUT2D eigenvalue weighted by Crippen LogP contribution is -2.23. The van der Waals surface area contributed by atoms with Crippen molar-refractivity contribution in [1.29, 1.82) is 0 Å². The number of sulfonamides is 2. The van der Waals surface area contributed by atoms with Crippen LogP contribution < -0.4 is 58.9 Å². The Morgan fingerprint density at radius 1 is 0.538 bits per heavy atom. The van der Waals surface area contributed by atoms with Crippen LogP contribution in [0.5, 0.6) is 34.5 Å². The average molecular weight is 1140 g/mol. The average Bonchev–Trinajstić information content (AvgIpc) is 4.37. The van der Waals surface area contributed by atoms with E-state index >= 15 is 0 Å². The molecule has 6 heterocycles. The zero-order valence-corrected chi connectivity index (χ0v) is 45.2. The Hall–Kier alpha value is -8.93. The molecule has 0 atom stereocenters. The topological polar surface area (TPSA) is 334 Å². The van der Waals surface area contributed by atoms with Crippen LogP contribution in [0.1, 0.15) is 18.4 Å². The number of methoxy groups -OCH3 is 6. The summed E-state index contributed by atoms with van der Waals surface area (Å²) in [4.78, 5) is 44.8. The largest absolute Gasteiger partial charge is 0.493 e. The molecule has 0 saturated heterocycles. The molecule has 4 aromatic carbocycles. The standard InChI is InChI=1S/2C24H20N4O7S2.C2H4O2/c2*1-32-18-10-14(11-19(33-2)21(18)34-3)22-26-24-28(27-22)23(29)20(36-24)12-15-6-9-17(35-15)13-4-7-16(8-5-13)37(25,30)31;1-2(3)4/h2*4-12H,1-3H3,(H2,25,30,31);1H3,(H,3,4)/b2*20-12-;. The number of primary sulfonamides is 2. The molecule has 28 heteroatoms. The number of hydrogen-bond acceptors (Lipinski definition) is 21. The number of fused-ring (bicyclic) bond motifs is 2. The molecule has 0 fully saturated rings. The van der Waals surface area contributed by atoms with Crippen molar-refractivity contribution in [3.8, 4) is 79.9 Å². The van der Waals surface area contributed by atoms with Crippen LogP contribution in [-0.4, -0.2) is 99.8 Å². The van der Waals surface area contributed by atoms with Crippen molar-refractivity contribution in [2.75, 3.05) is 42.7 Å². The molecule has 10 aromatic rings. The van der Waals surface area contributed by atoms with Gasteiger partial charge < -0.3 is 42.4 Å². The van der Waals surface area contributed by atoms with Crippen molar-refractivity contribution in [1.82, 2.24) is 29.2 Å². The molecule has 0 aliphatic heterocycles. The van der Waals surface area contributed by atoms with Crippen molar-refractivity contribution in [3.05, 3.63) is 138 Å². The number of rotatable bonds is 14. The molecule has 0 amide bonds. The molecular formula is C50H44N8O16S4. The SMILES string of the molecule is CC(=O)O.COc1cc(-c2nc3s/c(=C\c4ccc(-c5ccc(S(N)(=O)=O)cc5)o4)c(=O)n3n2)cc(OC)c1OC.COc1cc(-c2nc3s/c(=C\c4ccc(-c5ccc(S(N)(=O)=O)cc5)o4)c(=O)n3n2)cc(OC)c1OC. The summed E-state index contributed by atoms with van der Waals surface area (Å²) in [6.07, 6.45) is 3.20. The van der Waals surface area contributed by atoms with E-state index in [1.54, 1.807) is 84.9 Å². The quantitative estimate of drug-likeness (QED) is 0.133. The van der Waals surface area contributed by atoms with Crippen LogP contribution >= 0.6 is 22.7 Å². The molecule has 0 spiro atoms. The number of carboxylic acid groups (broad SMARTS) is 1. The van der Waals surface area contributed by atoms with E-state index in [1.807, 2.05) is 0 Å². The minimum atomic E-state index is -3.78. The summed E-state index contributed by atoms with van der Waals surface area (Å²) >= 11 is 2.33. The summed E-state index contributed by atoms with van der Waals surface area (Å²) in [5, 5.41) is 26.4. The molecule has 0 unspecified atom stereocenters. The van der Waals surface area contributed by atoms with Crippen molar-refractivity contribution in [3.63, 3.8) is 0 Å². The molecule has 78 heavy (non-hydrogen) atoms. The number of benzene rings is 4. The van der Waals surface area contributed by atoms with Gasteiger partial charge in [-0.05, 0) is 97.1 Å². The lowest BCUT2D eigenvalue weighted by Gasteiger charge is -2.12. The Labute approximate surface area is 449 Å². The van der Waals surface area contributed by atoms with E-state index in [2.05, 4.69) is 20.2 Å². The minimum Gasteiger partial charge on any atom is -0.493 e. The van der Waals surface area contributed by atoms with Crippen LogP contribution in [0.4, 0.5) is 0 Å². The van der Waals surface area contributed by atoms with E-state index in [0.29, 0.717) is 110 Å². The highest BCUT2D eigenvalue weighted by atomic mass is 32.2. The minimum absolute atomic E-state index is 0.00548. The second-order valence-electron chi connectivity index (χ2n) is 16.0. The first-order chi connectivity index (χ1) is 37.2. The summed E-state index contributed by atoms with van der Waals surface area (Å²) in [6.45, 7) is 1.08. The van der Waals surface area contributed by atoms with Gasteiger partial charge in [0.05, 0.1) is 52.4 Å². The fourth-order valence-electron chi connectivity index (χ4n) is 7.38. The van der Waals surface area contributed by atoms with Crippen molar-refractivity contribution < 1.29 is 64.0 Å². The van der Waals surface area contributed by atoms with Gasteiger partial charge in [0, 0.05) is 41.3 Å². The zero-order chi connectivity index (χ0) is 56.2. The van der Waals surface area contributed by atoms with E-state index in [4.69, 9.17) is 57.4 Å². The maximum absolute atomic E-state index is 13.0. The Morgan fingerprint density at radius 2 is 0.859 bits per heavy atom. The van der Waals surface area contributed by atoms with Gasteiger partial charge in [-0.3, -0.25) is 14.4 Å². The van der Waals surface area contributed by atoms with Crippen molar-refractivity contribution in [2.45, 2.75) is 16.7 Å². The zero-order valence-electron chi connectivity index (χ0n) is 41.9. The van der Waals surface area contributed by atoms with Crippen LogP contribution in [0.2, 0.25) is 0 Å². The van der Waals surface area contributed by atoms with Crippen molar-refractivity contribution in [2.24, 2.45) is 10.3 Å². The normalized spacial score (nSPS) is 12.0. The first-order valence-corrected chi connectivity index (χ1v) is 27.0. The molecule has 24 nitrogen and oxygen atoms in total. The van der Waals surface area contributed by atoms with Gasteiger partial charge >= 0.3 is 0 Å². The van der Waals surface area contributed by atoms with Gasteiger partial charge in [-0.2, -0.15) is 19.0 Å². The Bertz CT molecular complexity index is 4010. The Kier molecular flexibility index (Phi) is 16.1. The van der Waals surface area contributed by atoms with E-state index < -0.39 is 26.0 Å². The van der Waals surface area contributed by atoms with Crippen LogP contribution in [-0.2, 0) is 24.8 Å². The molecular weight excluding hydrogens is 1100 g/mol. The number of nitrogens with zero attached hydrogens (tertiary/aromatic N) is 6. The van der Waals surface area contributed by atoms with Crippen LogP contribution in [0.3, 0.4) is 0 Å². The van der Waals surface area contributed by atoms with Gasteiger partial charge in [0.25, 0.3) is 17.1 Å². The first-order valence-electron chi connectivity index (χ1n) is 22.3. The number of carbonyl (C=O) groups is 1. The van der Waals surface area contributed by atoms with Crippen molar-refractivity contribution >= 4 is 70.8 Å². The molecule has 0 aliphatic rings. The van der Waals surface area contributed by atoms with Gasteiger partial charge in [0.15, 0.2) is 34.6 Å². The van der Waals surface area contributed by atoms with Gasteiger partial charge in [0.2, 0.25) is 41.5 Å². The second-order valence-corrected chi connectivity index (χ2v) is 21.1. The van der Waals surface area contributed by atoms with E-state index in [-0.39, 0.29) is 20.9 Å². The number of nitrogens with two attached hydrogens (primary N) is 2. The number of ether oxygens (including phenoxy) is 6. The molecule has 5 N–H and O–H groups in total. The Morgan fingerprint density at radius 3 is 1.13 bits per heavy atom. The number of furan rings is 2. The van der Waals surface area contributed by atoms with Gasteiger partial charge in [0.1, 0.15) is 32.1 Å². The third-order valence-corrected chi connectivity index (χ3v) is 14.7.